The highest BCUT2D eigenvalue weighted by atomic mass is 32.2. The van der Waals surface area contributed by atoms with Gasteiger partial charge in [0.25, 0.3) is 0 Å². The van der Waals surface area contributed by atoms with Crippen molar-refractivity contribution in [3.05, 3.63) is 35.9 Å². The molecular weight excluding hydrogens is 272 g/mol. The lowest BCUT2D eigenvalue weighted by molar-refractivity contribution is 0.392. The van der Waals surface area contributed by atoms with E-state index in [0.717, 1.165) is 32.4 Å². The molecule has 20 heavy (non-hydrogen) atoms. The van der Waals surface area contributed by atoms with Crippen molar-refractivity contribution in [1.82, 2.24) is 9.62 Å². The van der Waals surface area contributed by atoms with Crippen molar-refractivity contribution in [2.24, 2.45) is 5.92 Å². The Labute approximate surface area is 122 Å². The maximum absolute atomic E-state index is 12.3. The zero-order valence-electron chi connectivity index (χ0n) is 12.1. The average Bonchev–Trinajstić information content (AvgIpc) is 2.46. The molecule has 0 aromatic heterocycles. The number of nitrogens with one attached hydrogen (secondary N) is 1. The van der Waals surface area contributed by atoms with Gasteiger partial charge in [-0.1, -0.05) is 30.3 Å². The van der Waals surface area contributed by atoms with Crippen LogP contribution in [-0.2, 0) is 16.4 Å². The molecule has 1 aliphatic heterocycles. The molecule has 0 aliphatic carbocycles. The van der Waals surface area contributed by atoms with Gasteiger partial charge in [-0.25, -0.2) is 12.7 Å². The Morgan fingerprint density at radius 3 is 2.70 bits per heavy atom. The second kappa shape index (κ2) is 7.20. The predicted molar refractivity (Wildman–Crippen MR) is 82.2 cm³/mol. The standard InChI is InChI=1S/C15H24N2O2S/c1-17(11-9-14-6-3-2-4-7-14)20(18,19)13-15-8-5-10-16-12-15/h2-4,6-7,15-16H,5,8-13H2,1H3. The van der Waals surface area contributed by atoms with Crippen LogP contribution < -0.4 is 5.32 Å². The van der Waals surface area contributed by atoms with Crippen LogP contribution in [0.1, 0.15) is 18.4 Å². The van der Waals surface area contributed by atoms with Crippen molar-refractivity contribution in [2.45, 2.75) is 19.3 Å². The molecule has 0 amide bonds. The largest absolute Gasteiger partial charge is 0.316 e. The smallest absolute Gasteiger partial charge is 0.214 e. The molecule has 1 N–H and O–H groups in total. The Kier molecular flexibility index (Phi) is 5.57. The fraction of sp³-hybridized carbons (Fsp3) is 0.600. The zero-order chi connectivity index (χ0) is 14.4. The Morgan fingerprint density at radius 1 is 1.30 bits per heavy atom. The summed E-state index contributed by atoms with van der Waals surface area (Å²) in [5.74, 6) is 0.526. The molecular formula is C15H24N2O2S. The summed E-state index contributed by atoms with van der Waals surface area (Å²) in [5.41, 5.74) is 1.17. The number of hydrogen-bond acceptors (Lipinski definition) is 3. The van der Waals surface area contributed by atoms with Crippen molar-refractivity contribution in [3.63, 3.8) is 0 Å². The van der Waals surface area contributed by atoms with Crippen molar-refractivity contribution in [1.29, 1.82) is 0 Å². The molecule has 1 fully saturated rings. The molecule has 112 valence electrons. The van der Waals surface area contributed by atoms with Crippen LogP contribution in [0.5, 0.6) is 0 Å². The maximum Gasteiger partial charge on any atom is 0.214 e. The van der Waals surface area contributed by atoms with Gasteiger partial charge >= 0.3 is 0 Å². The van der Waals surface area contributed by atoms with E-state index >= 15 is 0 Å². The van der Waals surface area contributed by atoms with Crippen molar-refractivity contribution in [2.75, 3.05) is 32.4 Å². The summed E-state index contributed by atoms with van der Waals surface area (Å²) in [5, 5.41) is 3.27. The van der Waals surface area contributed by atoms with Crippen LogP contribution >= 0.6 is 0 Å². The zero-order valence-corrected chi connectivity index (χ0v) is 12.9. The van der Waals surface area contributed by atoms with Crippen LogP contribution in [-0.4, -0.2) is 45.2 Å². The van der Waals surface area contributed by atoms with Crippen LogP contribution in [0.25, 0.3) is 0 Å². The number of benzene rings is 1. The van der Waals surface area contributed by atoms with Gasteiger partial charge < -0.3 is 5.32 Å². The number of piperidine rings is 1. The highest BCUT2D eigenvalue weighted by Gasteiger charge is 2.24. The number of hydrogen-bond donors (Lipinski definition) is 1. The molecule has 5 heteroatoms. The van der Waals surface area contributed by atoms with Crippen LogP contribution in [0.4, 0.5) is 0 Å². The SMILES string of the molecule is CN(CCc1ccccc1)S(=O)(=O)CC1CCCNC1. The lowest BCUT2D eigenvalue weighted by Crippen LogP contribution is -2.39. The molecule has 1 unspecified atom stereocenters. The van der Waals surface area contributed by atoms with E-state index in [2.05, 4.69) is 5.32 Å². The summed E-state index contributed by atoms with van der Waals surface area (Å²) in [6.45, 7) is 2.39. The second-order valence-electron chi connectivity index (χ2n) is 5.55. The Balaban J connectivity index is 1.85. The van der Waals surface area contributed by atoms with Crippen LogP contribution in [0.3, 0.4) is 0 Å². The molecule has 4 nitrogen and oxygen atoms in total. The molecule has 2 rings (SSSR count). The first kappa shape index (κ1) is 15.5. The number of rotatable bonds is 6. The predicted octanol–water partition coefficient (Wildman–Crippen LogP) is 1.49. The van der Waals surface area contributed by atoms with E-state index in [1.807, 2.05) is 30.3 Å². The van der Waals surface area contributed by atoms with E-state index in [4.69, 9.17) is 0 Å². The van der Waals surface area contributed by atoms with E-state index in [-0.39, 0.29) is 11.7 Å². The third kappa shape index (κ3) is 4.58. The summed E-state index contributed by atoms with van der Waals surface area (Å²) < 4.78 is 26.1. The van der Waals surface area contributed by atoms with Gasteiger partial charge in [-0.05, 0) is 43.8 Å². The lowest BCUT2D eigenvalue weighted by atomic mass is 10.0. The maximum atomic E-state index is 12.3. The monoisotopic (exact) mass is 296 g/mol. The minimum atomic E-state index is -3.14. The fourth-order valence-electron chi connectivity index (χ4n) is 2.56. The lowest BCUT2D eigenvalue weighted by Gasteiger charge is -2.25. The first-order valence-electron chi connectivity index (χ1n) is 7.26. The summed E-state index contributed by atoms with van der Waals surface area (Å²) in [6.07, 6.45) is 2.85. The molecule has 0 saturated carbocycles. The molecule has 1 aliphatic rings. The van der Waals surface area contributed by atoms with Crippen molar-refractivity contribution < 1.29 is 8.42 Å². The third-order valence-electron chi connectivity index (χ3n) is 3.88. The Morgan fingerprint density at radius 2 is 2.05 bits per heavy atom. The number of nitrogens with zero attached hydrogens (tertiary/aromatic N) is 1. The van der Waals surface area contributed by atoms with Gasteiger partial charge in [0, 0.05) is 13.6 Å². The third-order valence-corrected chi connectivity index (χ3v) is 5.90. The van der Waals surface area contributed by atoms with Gasteiger partial charge in [0.05, 0.1) is 5.75 Å². The average molecular weight is 296 g/mol. The molecule has 0 bridgehead atoms. The molecule has 0 spiro atoms. The van der Waals surface area contributed by atoms with Gasteiger partial charge in [0.2, 0.25) is 10.0 Å². The Bertz CT molecular complexity index is 496. The van der Waals surface area contributed by atoms with Gasteiger partial charge in [0.1, 0.15) is 0 Å². The number of sulfonamides is 1. The highest BCUT2D eigenvalue weighted by Crippen LogP contribution is 2.14. The quantitative estimate of drug-likeness (QED) is 0.865. The van der Waals surface area contributed by atoms with Crippen LogP contribution in [0.15, 0.2) is 30.3 Å². The molecule has 0 radical (unpaired) electrons. The van der Waals surface area contributed by atoms with E-state index in [0.29, 0.717) is 6.54 Å². The van der Waals surface area contributed by atoms with Gasteiger partial charge in [-0.2, -0.15) is 0 Å². The molecule has 1 atom stereocenters. The fourth-order valence-corrected chi connectivity index (χ4v) is 4.07. The topological polar surface area (TPSA) is 49.4 Å². The summed E-state index contributed by atoms with van der Waals surface area (Å²) >= 11 is 0. The Hall–Kier alpha value is -0.910. The van der Waals surface area contributed by atoms with Crippen molar-refractivity contribution >= 4 is 10.0 Å². The van der Waals surface area contributed by atoms with Gasteiger partial charge in [-0.3, -0.25) is 0 Å². The second-order valence-corrected chi connectivity index (χ2v) is 7.67. The normalized spacial score (nSPS) is 20.2. The van der Waals surface area contributed by atoms with Crippen molar-refractivity contribution in [3.8, 4) is 0 Å². The van der Waals surface area contributed by atoms with Gasteiger partial charge in [0.15, 0.2) is 0 Å². The minimum Gasteiger partial charge on any atom is -0.316 e. The summed E-state index contributed by atoms with van der Waals surface area (Å²) in [4.78, 5) is 0. The van der Waals surface area contributed by atoms with Crippen LogP contribution in [0.2, 0.25) is 0 Å². The van der Waals surface area contributed by atoms with E-state index in [1.165, 1.54) is 9.87 Å². The van der Waals surface area contributed by atoms with Gasteiger partial charge in [-0.15, -0.1) is 0 Å². The molecule has 1 heterocycles. The number of likely N-dealkylation sites (N-methyl/N-ethyl adjacent to an activating group) is 1. The molecule has 1 saturated heterocycles. The summed E-state index contributed by atoms with van der Waals surface area (Å²) in [6, 6.07) is 10.0. The van der Waals surface area contributed by atoms with E-state index < -0.39 is 10.0 Å². The molecule has 1 aromatic carbocycles. The first-order valence-corrected chi connectivity index (χ1v) is 8.87. The highest BCUT2D eigenvalue weighted by molar-refractivity contribution is 7.89. The van der Waals surface area contributed by atoms with Crippen LogP contribution in [0, 0.1) is 5.92 Å². The van der Waals surface area contributed by atoms with E-state index in [9.17, 15) is 8.42 Å². The molecule has 1 aromatic rings. The van der Waals surface area contributed by atoms with E-state index in [1.54, 1.807) is 7.05 Å². The minimum absolute atomic E-state index is 0.257. The summed E-state index contributed by atoms with van der Waals surface area (Å²) in [7, 11) is -1.45. The first-order chi connectivity index (χ1) is 9.58.